The minimum Gasteiger partial charge on any atom is -0.313 e. The highest BCUT2D eigenvalue weighted by Crippen LogP contribution is 2.24. The second-order valence-corrected chi connectivity index (χ2v) is 8.78. The third-order valence-electron chi connectivity index (χ3n) is 3.00. The van der Waals surface area contributed by atoms with E-state index in [0.29, 0.717) is 6.04 Å². The van der Waals surface area contributed by atoms with E-state index in [1.807, 2.05) is 11.3 Å². The summed E-state index contributed by atoms with van der Waals surface area (Å²) in [6, 6.07) is 0.544. The molecule has 20 heavy (non-hydrogen) atoms. The van der Waals surface area contributed by atoms with Crippen molar-refractivity contribution in [3.05, 3.63) is 16.1 Å². The van der Waals surface area contributed by atoms with Crippen molar-refractivity contribution < 1.29 is 0 Å². The van der Waals surface area contributed by atoms with Gasteiger partial charge < -0.3 is 5.32 Å². The van der Waals surface area contributed by atoms with Gasteiger partial charge in [-0.2, -0.15) is 11.8 Å². The van der Waals surface area contributed by atoms with Gasteiger partial charge in [0.05, 0.1) is 10.7 Å². The Bertz CT molecular complexity index is 380. The Kier molecular flexibility index (Phi) is 7.56. The third-order valence-corrected chi connectivity index (χ3v) is 5.42. The monoisotopic (exact) mass is 314 g/mol. The van der Waals surface area contributed by atoms with Gasteiger partial charge in [-0.3, -0.25) is 0 Å². The van der Waals surface area contributed by atoms with Crippen molar-refractivity contribution in [2.24, 2.45) is 5.92 Å². The summed E-state index contributed by atoms with van der Waals surface area (Å²) in [5, 5.41) is 7.09. The minimum absolute atomic E-state index is 0.162. The topological polar surface area (TPSA) is 24.9 Å². The molecular formula is C16H30N2S2. The first-order chi connectivity index (χ1) is 9.32. The maximum absolute atomic E-state index is 4.82. The van der Waals surface area contributed by atoms with Crippen LogP contribution in [0.5, 0.6) is 0 Å². The highest BCUT2D eigenvalue weighted by molar-refractivity contribution is 7.99. The number of thiazole rings is 1. The predicted octanol–water partition coefficient (Wildman–Crippen LogP) is 4.35. The lowest BCUT2D eigenvalue weighted by Gasteiger charge is -2.17. The van der Waals surface area contributed by atoms with Gasteiger partial charge in [0.25, 0.3) is 0 Å². The molecule has 1 aromatic heterocycles. The first kappa shape index (κ1) is 18.0. The Labute approximate surface area is 133 Å². The van der Waals surface area contributed by atoms with E-state index in [4.69, 9.17) is 4.98 Å². The van der Waals surface area contributed by atoms with E-state index in [0.717, 1.165) is 18.9 Å². The lowest BCUT2D eigenvalue weighted by molar-refractivity contribution is 0.554. The number of hydrogen-bond acceptors (Lipinski definition) is 4. The van der Waals surface area contributed by atoms with Gasteiger partial charge in [0.2, 0.25) is 0 Å². The summed E-state index contributed by atoms with van der Waals surface area (Å²) < 4.78 is 0. The van der Waals surface area contributed by atoms with Crippen LogP contribution in [0.2, 0.25) is 0 Å². The Morgan fingerprint density at radius 3 is 2.50 bits per heavy atom. The molecule has 0 aliphatic rings. The van der Waals surface area contributed by atoms with Crippen LogP contribution < -0.4 is 5.32 Å². The number of hydrogen-bond donors (Lipinski definition) is 1. The summed E-state index contributed by atoms with van der Waals surface area (Å²) in [5.41, 5.74) is 1.39. The van der Waals surface area contributed by atoms with Crippen molar-refractivity contribution in [1.29, 1.82) is 0 Å². The number of nitrogens with zero attached hydrogens (tertiary/aromatic N) is 1. The van der Waals surface area contributed by atoms with Crippen LogP contribution >= 0.6 is 23.1 Å². The Balaban J connectivity index is 2.54. The van der Waals surface area contributed by atoms with Crippen LogP contribution in [0.15, 0.2) is 5.38 Å². The molecule has 0 aromatic carbocycles. The average molecular weight is 315 g/mol. The Hall–Kier alpha value is -0.0600. The number of aromatic nitrogens is 1. The van der Waals surface area contributed by atoms with Gasteiger partial charge >= 0.3 is 0 Å². The summed E-state index contributed by atoms with van der Waals surface area (Å²) in [4.78, 5) is 4.82. The first-order valence-corrected chi connectivity index (χ1v) is 9.62. The molecule has 1 rings (SSSR count). The van der Waals surface area contributed by atoms with Crippen molar-refractivity contribution in [3.63, 3.8) is 0 Å². The molecule has 2 nitrogen and oxygen atoms in total. The minimum atomic E-state index is 0.162. The number of nitrogens with one attached hydrogen (secondary N) is 1. The van der Waals surface area contributed by atoms with Crippen molar-refractivity contribution in [1.82, 2.24) is 10.3 Å². The first-order valence-electron chi connectivity index (χ1n) is 7.59. The second kappa shape index (κ2) is 8.40. The largest absolute Gasteiger partial charge is 0.313 e. The fraction of sp³-hybridized carbons (Fsp3) is 0.812. The fourth-order valence-corrected chi connectivity index (χ4v) is 4.11. The van der Waals surface area contributed by atoms with E-state index in [-0.39, 0.29) is 5.41 Å². The third kappa shape index (κ3) is 6.59. The van der Waals surface area contributed by atoms with Gasteiger partial charge in [-0.05, 0) is 18.2 Å². The van der Waals surface area contributed by atoms with Crippen LogP contribution in [0, 0.1) is 5.92 Å². The highest BCUT2D eigenvalue weighted by atomic mass is 32.2. The standard InChI is InChI=1S/C16H30N2S2/c1-7-17-13(10-19-9-12(2)3)8-15-18-14(11-20-15)16(4,5)6/h11-13,17H,7-10H2,1-6H3. The zero-order valence-corrected chi connectivity index (χ0v) is 15.5. The maximum Gasteiger partial charge on any atom is 0.0944 e. The van der Waals surface area contributed by atoms with E-state index in [2.05, 4.69) is 64.0 Å². The summed E-state index contributed by atoms with van der Waals surface area (Å²) in [6.45, 7) is 14.5. The summed E-state index contributed by atoms with van der Waals surface area (Å²) in [7, 11) is 0. The van der Waals surface area contributed by atoms with Crippen LogP contribution in [-0.2, 0) is 11.8 Å². The number of rotatable bonds is 8. The fourth-order valence-electron chi connectivity index (χ4n) is 1.88. The van der Waals surface area contributed by atoms with E-state index >= 15 is 0 Å². The smallest absolute Gasteiger partial charge is 0.0944 e. The highest BCUT2D eigenvalue weighted by Gasteiger charge is 2.19. The number of thioether (sulfide) groups is 1. The van der Waals surface area contributed by atoms with Crippen LogP contribution in [0.25, 0.3) is 0 Å². The molecule has 1 unspecified atom stereocenters. The van der Waals surface area contributed by atoms with E-state index in [9.17, 15) is 0 Å². The molecule has 1 N–H and O–H groups in total. The molecule has 0 aliphatic heterocycles. The summed E-state index contributed by atoms with van der Waals surface area (Å²) >= 11 is 3.87. The molecule has 0 saturated carbocycles. The molecule has 116 valence electrons. The molecule has 1 heterocycles. The second-order valence-electron chi connectivity index (χ2n) is 6.77. The maximum atomic E-state index is 4.82. The van der Waals surface area contributed by atoms with Crippen molar-refractivity contribution >= 4 is 23.1 Å². The van der Waals surface area contributed by atoms with E-state index in [1.165, 1.54) is 22.2 Å². The lowest BCUT2D eigenvalue weighted by Crippen LogP contribution is -2.33. The SMILES string of the molecule is CCNC(CSCC(C)C)Cc1nc(C(C)(C)C)cs1. The van der Waals surface area contributed by atoms with Gasteiger partial charge in [0, 0.05) is 29.0 Å². The van der Waals surface area contributed by atoms with Crippen molar-refractivity contribution in [3.8, 4) is 0 Å². The lowest BCUT2D eigenvalue weighted by atomic mass is 9.93. The van der Waals surface area contributed by atoms with Crippen LogP contribution in [0.3, 0.4) is 0 Å². The van der Waals surface area contributed by atoms with Gasteiger partial charge in [0.1, 0.15) is 0 Å². The molecule has 1 atom stereocenters. The average Bonchev–Trinajstić information content (AvgIpc) is 2.77. The zero-order valence-electron chi connectivity index (χ0n) is 13.8. The quantitative estimate of drug-likeness (QED) is 0.772. The molecule has 0 fully saturated rings. The van der Waals surface area contributed by atoms with Crippen LogP contribution in [-0.4, -0.2) is 29.1 Å². The van der Waals surface area contributed by atoms with Gasteiger partial charge in [-0.25, -0.2) is 4.98 Å². The molecule has 0 spiro atoms. The number of likely N-dealkylation sites (N-methyl/N-ethyl adjacent to an activating group) is 1. The predicted molar refractivity (Wildman–Crippen MR) is 94.1 cm³/mol. The van der Waals surface area contributed by atoms with Gasteiger partial charge in [-0.1, -0.05) is 41.5 Å². The Morgan fingerprint density at radius 1 is 1.30 bits per heavy atom. The van der Waals surface area contributed by atoms with E-state index in [1.54, 1.807) is 0 Å². The van der Waals surface area contributed by atoms with Crippen molar-refractivity contribution in [2.45, 2.75) is 59.4 Å². The van der Waals surface area contributed by atoms with Gasteiger partial charge in [0.15, 0.2) is 0 Å². The van der Waals surface area contributed by atoms with Crippen LogP contribution in [0.1, 0.15) is 52.2 Å². The molecule has 0 saturated heterocycles. The molecule has 1 aromatic rings. The van der Waals surface area contributed by atoms with Crippen LogP contribution in [0.4, 0.5) is 0 Å². The molecule has 0 aliphatic carbocycles. The van der Waals surface area contributed by atoms with Crippen molar-refractivity contribution in [2.75, 3.05) is 18.1 Å². The Morgan fingerprint density at radius 2 is 2.00 bits per heavy atom. The molecular weight excluding hydrogens is 284 g/mol. The van der Waals surface area contributed by atoms with Gasteiger partial charge in [-0.15, -0.1) is 11.3 Å². The zero-order chi connectivity index (χ0) is 15.2. The molecule has 0 radical (unpaired) electrons. The summed E-state index contributed by atoms with van der Waals surface area (Å²) in [5.74, 6) is 3.19. The summed E-state index contributed by atoms with van der Waals surface area (Å²) in [6.07, 6.45) is 1.06. The molecule has 0 bridgehead atoms. The van der Waals surface area contributed by atoms with E-state index < -0.39 is 0 Å². The molecule has 0 amide bonds. The molecule has 4 heteroatoms. The normalized spacial score (nSPS) is 13.9.